The van der Waals surface area contributed by atoms with E-state index in [-0.39, 0.29) is 17.5 Å². The molecule has 1 amide bonds. The molecule has 0 radical (unpaired) electrons. The van der Waals surface area contributed by atoms with Crippen molar-refractivity contribution in [3.63, 3.8) is 0 Å². The minimum absolute atomic E-state index is 0.144. The van der Waals surface area contributed by atoms with Crippen molar-refractivity contribution in [3.05, 3.63) is 34.1 Å². The zero-order chi connectivity index (χ0) is 16.1. The van der Waals surface area contributed by atoms with Crippen LogP contribution in [0.4, 0.5) is 4.39 Å². The van der Waals surface area contributed by atoms with Crippen LogP contribution in [-0.4, -0.2) is 24.0 Å². The summed E-state index contributed by atoms with van der Waals surface area (Å²) >= 11 is 3.17. The van der Waals surface area contributed by atoms with Crippen LogP contribution in [0.3, 0.4) is 0 Å². The van der Waals surface area contributed by atoms with Gasteiger partial charge in [-0.1, -0.05) is 35.2 Å². The van der Waals surface area contributed by atoms with Gasteiger partial charge in [0.2, 0.25) is 0 Å². The SMILES string of the molecule is C[C@H](OC(=O)c1cc(Br)ccc1F)C(=O)NC1CCCCC1. The number of amides is 1. The van der Waals surface area contributed by atoms with Crippen molar-refractivity contribution in [2.45, 2.75) is 51.2 Å². The molecular formula is C16H19BrFNO3. The molecule has 1 aromatic rings. The molecule has 6 heteroatoms. The number of hydrogen-bond donors (Lipinski definition) is 1. The summed E-state index contributed by atoms with van der Waals surface area (Å²) in [4.78, 5) is 24.0. The van der Waals surface area contributed by atoms with Crippen LogP contribution in [-0.2, 0) is 9.53 Å². The third kappa shape index (κ3) is 4.53. The summed E-state index contributed by atoms with van der Waals surface area (Å²) in [5, 5.41) is 2.88. The summed E-state index contributed by atoms with van der Waals surface area (Å²) in [7, 11) is 0. The first-order chi connectivity index (χ1) is 10.5. The van der Waals surface area contributed by atoms with Crippen molar-refractivity contribution in [1.29, 1.82) is 0 Å². The van der Waals surface area contributed by atoms with E-state index in [0.717, 1.165) is 25.7 Å². The van der Waals surface area contributed by atoms with Crippen LogP contribution in [0.5, 0.6) is 0 Å². The van der Waals surface area contributed by atoms with Gasteiger partial charge in [0, 0.05) is 10.5 Å². The van der Waals surface area contributed by atoms with Gasteiger partial charge in [-0.05, 0) is 38.0 Å². The van der Waals surface area contributed by atoms with Crippen molar-refractivity contribution < 1.29 is 18.7 Å². The first-order valence-electron chi connectivity index (χ1n) is 7.44. The highest BCUT2D eigenvalue weighted by Crippen LogP contribution is 2.19. The largest absolute Gasteiger partial charge is 0.449 e. The Hall–Kier alpha value is -1.43. The van der Waals surface area contributed by atoms with Gasteiger partial charge in [0.05, 0.1) is 5.56 Å². The molecule has 0 heterocycles. The number of ether oxygens (including phenoxy) is 1. The summed E-state index contributed by atoms with van der Waals surface area (Å²) in [6.45, 7) is 1.49. The van der Waals surface area contributed by atoms with Gasteiger partial charge in [-0.15, -0.1) is 0 Å². The topological polar surface area (TPSA) is 55.4 Å². The van der Waals surface area contributed by atoms with Crippen LogP contribution < -0.4 is 5.32 Å². The van der Waals surface area contributed by atoms with Gasteiger partial charge >= 0.3 is 5.97 Å². The van der Waals surface area contributed by atoms with Crippen molar-refractivity contribution in [2.75, 3.05) is 0 Å². The summed E-state index contributed by atoms with van der Waals surface area (Å²) in [6, 6.07) is 4.15. The van der Waals surface area contributed by atoms with E-state index in [1.807, 2.05) is 0 Å². The predicted octanol–water partition coefficient (Wildman–Crippen LogP) is 3.58. The Morgan fingerprint density at radius 3 is 2.68 bits per heavy atom. The van der Waals surface area contributed by atoms with E-state index >= 15 is 0 Å². The minimum Gasteiger partial charge on any atom is -0.449 e. The van der Waals surface area contributed by atoms with E-state index in [9.17, 15) is 14.0 Å². The fourth-order valence-corrected chi connectivity index (χ4v) is 2.86. The second-order valence-electron chi connectivity index (χ2n) is 5.52. The first-order valence-corrected chi connectivity index (χ1v) is 8.23. The second-order valence-corrected chi connectivity index (χ2v) is 6.43. The van der Waals surface area contributed by atoms with E-state index in [1.165, 1.54) is 31.5 Å². The Morgan fingerprint density at radius 2 is 2.00 bits per heavy atom. The number of rotatable bonds is 4. The van der Waals surface area contributed by atoms with Gasteiger partial charge in [-0.2, -0.15) is 0 Å². The van der Waals surface area contributed by atoms with Gasteiger partial charge in [0.1, 0.15) is 5.82 Å². The van der Waals surface area contributed by atoms with Crippen LogP contribution in [0.2, 0.25) is 0 Å². The van der Waals surface area contributed by atoms with E-state index < -0.39 is 17.9 Å². The van der Waals surface area contributed by atoms with Crippen LogP contribution >= 0.6 is 15.9 Å². The van der Waals surface area contributed by atoms with E-state index in [2.05, 4.69) is 21.2 Å². The number of hydrogen-bond acceptors (Lipinski definition) is 3. The van der Waals surface area contributed by atoms with E-state index in [1.54, 1.807) is 0 Å². The van der Waals surface area contributed by atoms with E-state index in [4.69, 9.17) is 4.74 Å². The third-order valence-corrected chi connectivity index (χ3v) is 4.25. The van der Waals surface area contributed by atoms with Crippen LogP contribution in [0.15, 0.2) is 22.7 Å². The van der Waals surface area contributed by atoms with Gasteiger partial charge in [-0.3, -0.25) is 4.79 Å². The predicted molar refractivity (Wildman–Crippen MR) is 84.0 cm³/mol. The zero-order valence-electron chi connectivity index (χ0n) is 12.4. The molecule has 1 aromatic carbocycles. The van der Waals surface area contributed by atoms with Crippen molar-refractivity contribution in [2.24, 2.45) is 0 Å². The molecule has 1 fully saturated rings. The normalized spacial score (nSPS) is 16.9. The standard InChI is InChI=1S/C16H19BrFNO3/c1-10(15(20)19-12-5-3-2-4-6-12)22-16(21)13-9-11(17)7-8-14(13)18/h7-10,12H,2-6H2,1H3,(H,19,20)/t10-/m0/s1. The molecular weight excluding hydrogens is 353 g/mol. The monoisotopic (exact) mass is 371 g/mol. The molecule has 0 saturated heterocycles. The number of nitrogens with one attached hydrogen (secondary N) is 1. The Balaban J connectivity index is 1.92. The Bertz CT molecular complexity index is 558. The van der Waals surface area contributed by atoms with Crippen molar-refractivity contribution >= 4 is 27.8 Å². The fourth-order valence-electron chi connectivity index (χ4n) is 2.50. The fraction of sp³-hybridized carbons (Fsp3) is 0.500. The Morgan fingerprint density at radius 1 is 1.32 bits per heavy atom. The number of carbonyl (C=O) groups is 2. The molecule has 0 spiro atoms. The molecule has 1 atom stereocenters. The molecule has 1 saturated carbocycles. The minimum atomic E-state index is -0.951. The number of benzene rings is 1. The Kier molecular flexibility index (Phi) is 5.94. The maximum absolute atomic E-state index is 13.6. The first kappa shape index (κ1) is 16.9. The molecule has 1 N–H and O–H groups in total. The summed E-state index contributed by atoms with van der Waals surface area (Å²) in [5.41, 5.74) is -0.188. The number of carbonyl (C=O) groups excluding carboxylic acids is 2. The van der Waals surface area contributed by atoms with Gasteiger partial charge in [0.15, 0.2) is 6.10 Å². The summed E-state index contributed by atoms with van der Waals surface area (Å²) in [6.07, 6.45) is 4.34. The smallest absolute Gasteiger partial charge is 0.341 e. The quantitative estimate of drug-likeness (QED) is 0.822. The average Bonchev–Trinajstić information content (AvgIpc) is 2.50. The van der Waals surface area contributed by atoms with Crippen LogP contribution in [0.1, 0.15) is 49.4 Å². The van der Waals surface area contributed by atoms with Crippen molar-refractivity contribution in [3.8, 4) is 0 Å². The van der Waals surface area contributed by atoms with Gasteiger partial charge in [-0.25, -0.2) is 9.18 Å². The lowest BCUT2D eigenvalue weighted by Crippen LogP contribution is -2.42. The highest BCUT2D eigenvalue weighted by molar-refractivity contribution is 9.10. The lowest BCUT2D eigenvalue weighted by molar-refractivity contribution is -0.130. The molecule has 0 aromatic heterocycles. The lowest BCUT2D eigenvalue weighted by Gasteiger charge is -2.24. The van der Waals surface area contributed by atoms with E-state index in [0.29, 0.717) is 4.47 Å². The zero-order valence-corrected chi connectivity index (χ0v) is 14.0. The highest BCUT2D eigenvalue weighted by Gasteiger charge is 2.24. The number of halogens is 2. The lowest BCUT2D eigenvalue weighted by atomic mass is 9.95. The van der Waals surface area contributed by atoms with Gasteiger partial charge < -0.3 is 10.1 Å². The van der Waals surface area contributed by atoms with Gasteiger partial charge in [0.25, 0.3) is 5.91 Å². The number of esters is 1. The molecule has 2 rings (SSSR count). The molecule has 1 aliphatic rings. The average molecular weight is 372 g/mol. The van der Waals surface area contributed by atoms with Crippen molar-refractivity contribution in [1.82, 2.24) is 5.32 Å². The van der Waals surface area contributed by atoms with Crippen LogP contribution in [0, 0.1) is 5.82 Å². The summed E-state index contributed by atoms with van der Waals surface area (Å²) in [5.74, 6) is -1.85. The molecule has 120 valence electrons. The third-order valence-electron chi connectivity index (χ3n) is 3.75. The molecule has 1 aliphatic carbocycles. The molecule has 0 aliphatic heterocycles. The molecule has 0 bridgehead atoms. The molecule has 22 heavy (non-hydrogen) atoms. The second kappa shape index (κ2) is 7.72. The maximum atomic E-state index is 13.6. The summed E-state index contributed by atoms with van der Waals surface area (Å²) < 4.78 is 19.3. The molecule has 4 nitrogen and oxygen atoms in total. The maximum Gasteiger partial charge on any atom is 0.341 e. The highest BCUT2D eigenvalue weighted by atomic mass is 79.9. The van der Waals surface area contributed by atoms with Crippen LogP contribution in [0.25, 0.3) is 0 Å². The Labute approximate surface area is 137 Å². The molecule has 0 unspecified atom stereocenters.